The highest BCUT2D eigenvalue weighted by molar-refractivity contribution is 5.61. The van der Waals surface area contributed by atoms with E-state index in [9.17, 15) is 10.1 Å². The molecular weight excluding hydrogens is 258 g/mol. The van der Waals surface area contributed by atoms with E-state index in [0.29, 0.717) is 11.5 Å². The maximum absolute atomic E-state index is 10.7. The van der Waals surface area contributed by atoms with Gasteiger partial charge in [-0.25, -0.2) is 0 Å². The van der Waals surface area contributed by atoms with E-state index >= 15 is 0 Å². The average molecular weight is 273 g/mol. The molecule has 0 bridgehead atoms. The third-order valence-electron chi connectivity index (χ3n) is 2.77. The van der Waals surface area contributed by atoms with E-state index < -0.39 is 4.92 Å². The van der Waals surface area contributed by atoms with Crippen molar-refractivity contribution < 1.29 is 9.66 Å². The molecule has 0 unspecified atom stereocenters. The maximum atomic E-state index is 10.7. The Morgan fingerprint density at radius 2 is 1.85 bits per heavy atom. The second-order valence-electron chi connectivity index (χ2n) is 4.47. The van der Waals surface area contributed by atoms with Crippen LogP contribution in [-0.4, -0.2) is 19.0 Å². The minimum atomic E-state index is -0.522. The van der Waals surface area contributed by atoms with Crippen LogP contribution in [0.1, 0.15) is 0 Å². The molecule has 0 heterocycles. The Balaban J connectivity index is 2.24. The Bertz CT molecular complexity index is 641. The third-order valence-corrected chi connectivity index (χ3v) is 2.77. The van der Waals surface area contributed by atoms with Crippen LogP contribution in [0.4, 0.5) is 17.1 Å². The first-order chi connectivity index (χ1) is 9.47. The fourth-order valence-electron chi connectivity index (χ4n) is 1.72. The number of nitro groups is 1. The van der Waals surface area contributed by atoms with Crippen molar-refractivity contribution in [2.75, 3.05) is 24.7 Å². The van der Waals surface area contributed by atoms with Crippen LogP contribution in [0.2, 0.25) is 0 Å². The number of ether oxygens (including phenoxy) is 1. The maximum Gasteiger partial charge on any atom is 0.292 e. The van der Waals surface area contributed by atoms with Gasteiger partial charge in [-0.3, -0.25) is 10.1 Å². The van der Waals surface area contributed by atoms with E-state index in [-0.39, 0.29) is 11.4 Å². The van der Waals surface area contributed by atoms with E-state index in [4.69, 9.17) is 10.5 Å². The summed E-state index contributed by atoms with van der Waals surface area (Å²) in [6.07, 6.45) is 0. The molecule has 6 nitrogen and oxygen atoms in total. The summed E-state index contributed by atoms with van der Waals surface area (Å²) >= 11 is 0. The molecule has 2 rings (SSSR count). The van der Waals surface area contributed by atoms with Crippen molar-refractivity contribution in [2.24, 2.45) is 0 Å². The summed E-state index contributed by atoms with van der Waals surface area (Å²) in [6.45, 7) is 0. The number of anilines is 2. The highest BCUT2D eigenvalue weighted by Gasteiger charge is 2.12. The van der Waals surface area contributed by atoms with Crippen molar-refractivity contribution in [3.63, 3.8) is 0 Å². The topological polar surface area (TPSA) is 81.6 Å². The number of nitrogen functional groups attached to an aromatic ring is 1. The van der Waals surface area contributed by atoms with Crippen molar-refractivity contribution in [3.05, 3.63) is 52.6 Å². The molecule has 20 heavy (non-hydrogen) atoms. The van der Waals surface area contributed by atoms with Crippen LogP contribution in [0.15, 0.2) is 42.5 Å². The fourth-order valence-corrected chi connectivity index (χ4v) is 1.72. The first-order valence-corrected chi connectivity index (χ1v) is 5.96. The Labute approximate surface area is 116 Å². The third kappa shape index (κ3) is 2.97. The van der Waals surface area contributed by atoms with E-state index in [1.165, 1.54) is 18.2 Å². The molecule has 0 amide bonds. The van der Waals surface area contributed by atoms with Crippen molar-refractivity contribution in [3.8, 4) is 11.5 Å². The SMILES string of the molecule is CN(C)c1cccc(Oc2ccc([N+](=O)[O-])c(N)c2)c1. The second kappa shape index (κ2) is 5.48. The lowest BCUT2D eigenvalue weighted by Gasteiger charge is -2.14. The van der Waals surface area contributed by atoms with Crippen molar-refractivity contribution in [1.29, 1.82) is 0 Å². The van der Waals surface area contributed by atoms with Gasteiger partial charge in [0.1, 0.15) is 17.2 Å². The van der Waals surface area contributed by atoms with Crippen LogP contribution in [0.5, 0.6) is 11.5 Å². The van der Waals surface area contributed by atoms with Gasteiger partial charge in [-0.15, -0.1) is 0 Å². The number of nitrogens with two attached hydrogens (primary N) is 1. The van der Waals surface area contributed by atoms with Gasteiger partial charge in [0.05, 0.1) is 4.92 Å². The van der Waals surface area contributed by atoms with Gasteiger partial charge >= 0.3 is 0 Å². The van der Waals surface area contributed by atoms with Crippen LogP contribution in [0.25, 0.3) is 0 Å². The van der Waals surface area contributed by atoms with Crippen molar-refractivity contribution in [1.82, 2.24) is 0 Å². The highest BCUT2D eigenvalue weighted by Crippen LogP contribution is 2.30. The molecule has 0 radical (unpaired) electrons. The van der Waals surface area contributed by atoms with E-state index in [1.54, 1.807) is 0 Å². The van der Waals surface area contributed by atoms with Crippen LogP contribution in [0.3, 0.4) is 0 Å². The largest absolute Gasteiger partial charge is 0.457 e. The number of nitrogens with zero attached hydrogens (tertiary/aromatic N) is 2. The van der Waals surface area contributed by atoms with Crippen LogP contribution < -0.4 is 15.4 Å². The lowest BCUT2D eigenvalue weighted by Crippen LogP contribution is -2.08. The summed E-state index contributed by atoms with van der Waals surface area (Å²) in [6, 6.07) is 11.8. The molecule has 0 saturated heterocycles. The zero-order valence-electron chi connectivity index (χ0n) is 11.2. The standard InChI is InChI=1S/C14H15N3O3/c1-16(2)10-4-3-5-11(8-10)20-12-6-7-14(17(18)19)13(15)9-12/h3-9H,15H2,1-2H3. The molecule has 0 aliphatic heterocycles. The molecule has 6 heteroatoms. The minimum absolute atomic E-state index is 0.0799. The van der Waals surface area contributed by atoms with Gasteiger partial charge in [-0.05, 0) is 18.2 Å². The molecule has 0 aromatic heterocycles. The van der Waals surface area contributed by atoms with Crippen LogP contribution in [0, 0.1) is 10.1 Å². The lowest BCUT2D eigenvalue weighted by molar-refractivity contribution is -0.383. The number of hydrogen-bond acceptors (Lipinski definition) is 5. The lowest BCUT2D eigenvalue weighted by atomic mass is 10.2. The van der Waals surface area contributed by atoms with Crippen LogP contribution in [-0.2, 0) is 0 Å². The van der Waals surface area contributed by atoms with Gasteiger partial charge in [0.15, 0.2) is 0 Å². The van der Waals surface area contributed by atoms with Gasteiger partial charge in [0, 0.05) is 38.0 Å². The molecule has 2 aromatic rings. The highest BCUT2D eigenvalue weighted by atomic mass is 16.6. The Kier molecular flexibility index (Phi) is 3.74. The van der Waals surface area contributed by atoms with Gasteiger partial charge in [-0.1, -0.05) is 6.07 Å². The summed E-state index contributed by atoms with van der Waals surface area (Å²) < 4.78 is 5.66. The van der Waals surface area contributed by atoms with E-state index in [1.807, 2.05) is 43.3 Å². The predicted molar refractivity (Wildman–Crippen MR) is 78.4 cm³/mol. The molecule has 0 atom stereocenters. The number of hydrogen-bond donors (Lipinski definition) is 1. The summed E-state index contributed by atoms with van der Waals surface area (Å²) in [5.74, 6) is 1.11. The zero-order valence-corrected chi connectivity index (χ0v) is 11.2. The molecule has 2 N–H and O–H groups in total. The molecule has 0 aliphatic rings. The summed E-state index contributed by atoms with van der Waals surface area (Å²) in [7, 11) is 3.87. The summed E-state index contributed by atoms with van der Waals surface area (Å²) in [5.41, 5.74) is 6.58. The normalized spacial score (nSPS) is 10.1. The number of benzene rings is 2. The molecule has 0 spiro atoms. The quantitative estimate of drug-likeness (QED) is 0.526. The summed E-state index contributed by atoms with van der Waals surface area (Å²) in [5, 5.41) is 10.7. The molecule has 2 aromatic carbocycles. The monoisotopic (exact) mass is 273 g/mol. The molecule has 0 saturated carbocycles. The first kappa shape index (κ1) is 13.7. The predicted octanol–water partition coefficient (Wildman–Crippen LogP) is 3.04. The Morgan fingerprint density at radius 1 is 1.15 bits per heavy atom. The molecule has 104 valence electrons. The Morgan fingerprint density at radius 3 is 2.45 bits per heavy atom. The Hall–Kier alpha value is -2.76. The first-order valence-electron chi connectivity index (χ1n) is 5.96. The average Bonchev–Trinajstić information content (AvgIpc) is 2.38. The van der Waals surface area contributed by atoms with Crippen molar-refractivity contribution >= 4 is 17.1 Å². The van der Waals surface area contributed by atoms with Crippen LogP contribution >= 0.6 is 0 Å². The minimum Gasteiger partial charge on any atom is -0.457 e. The molecule has 0 fully saturated rings. The van der Waals surface area contributed by atoms with E-state index in [2.05, 4.69) is 0 Å². The fraction of sp³-hybridized carbons (Fsp3) is 0.143. The van der Waals surface area contributed by atoms with Gasteiger partial charge in [0.2, 0.25) is 0 Å². The van der Waals surface area contributed by atoms with E-state index in [0.717, 1.165) is 5.69 Å². The molecular formula is C14H15N3O3. The zero-order chi connectivity index (χ0) is 14.7. The summed E-state index contributed by atoms with van der Waals surface area (Å²) in [4.78, 5) is 12.1. The van der Waals surface area contributed by atoms with Crippen molar-refractivity contribution in [2.45, 2.75) is 0 Å². The molecule has 0 aliphatic carbocycles. The van der Waals surface area contributed by atoms with Gasteiger partial charge in [0.25, 0.3) is 5.69 Å². The second-order valence-corrected chi connectivity index (χ2v) is 4.47. The smallest absolute Gasteiger partial charge is 0.292 e. The number of nitro benzene ring substituents is 1. The van der Waals surface area contributed by atoms with Gasteiger partial charge in [-0.2, -0.15) is 0 Å². The van der Waals surface area contributed by atoms with Gasteiger partial charge < -0.3 is 15.4 Å². The number of rotatable bonds is 4.